The van der Waals surface area contributed by atoms with Crippen molar-refractivity contribution in [3.05, 3.63) is 77.4 Å². The minimum absolute atomic E-state index is 0.0941. The molecule has 3 aromatic rings. The van der Waals surface area contributed by atoms with Crippen LogP contribution >= 0.6 is 0 Å². The largest absolute Gasteiger partial charge is 0.409 e. The fourth-order valence-electron chi connectivity index (χ4n) is 4.86. The number of benzene rings is 2. The van der Waals surface area contributed by atoms with Gasteiger partial charge in [0.2, 0.25) is 0 Å². The van der Waals surface area contributed by atoms with Gasteiger partial charge in [-0.3, -0.25) is 0 Å². The van der Waals surface area contributed by atoms with E-state index in [2.05, 4.69) is 16.9 Å². The Labute approximate surface area is 206 Å². The molecule has 190 valence electrons. The molecule has 1 aliphatic rings. The van der Waals surface area contributed by atoms with Gasteiger partial charge in [0.15, 0.2) is 5.82 Å². The van der Waals surface area contributed by atoms with Crippen LogP contribution in [0.1, 0.15) is 62.5 Å². The Balaban J connectivity index is 1.51. The summed E-state index contributed by atoms with van der Waals surface area (Å²) >= 11 is 0. The Bertz CT molecular complexity index is 1200. The average molecular weight is 505 g/mol. The summed E-state index contributed by atoms with van der Waals surface area (Å²) in [7, 11) is 0. The van der Waals surface area contributed by atoms with Crippen molar-refractivity contribution in [1.29, 1.82) is 0 Å². The molecule has 0 amide bonds. The van der Waals surface area contributed by atoms with E-state index < -0.39 is 29.2 Å². The Morgan fingerprint density at radius 2 is 1.47 bits per heavy atom. The zero-order chi connectivity index (χ0) is 25.9. The number of aromatic nitrogens is 2. The van der Waals surface area contributed by atoms with Gasteiger partial charge in [0.25, 0.3) is 0 Å². The molecule has 0 atom stereocenters. The quantitative estimate of drug-likeness (QED) is 0.313. The van der Waals surface area contributed by atoms with Crippen LogP contribution < -0.4 is 0 Å². The maximum atomic E-state index is 14.9. The fraction of sp³-hybridized carbons (Fsp3) is 0.357. The topological polar surface area (TPSA) is 25.8 Å². The van der Waals surface area contributed by atoms with Crippen molar-refractivity contribution in [3.8, 4) is 22.5 Å². The molecule has 0 unspecified atom stereocenters. The standard InChI is InChI=1S/C28H26F6N2/c1-2-3-17-4-6-18(7-5-17)21-15-35-27(36-16-21)19-8-9-22(24(29)12-19)20-13-25(30)23(26(31)14-20)10-11-28(32,33)34/h8-18H,2-7H2,1H3. The van der Waals surface area contributed by atoms with Crippen LogP contribution in [-0.4, -0.2) is 16.1 Å². The lowest BCUT2D eigenvalue weighted by Crippen LogP contribution is -2.13. The third-order valence-electron chi connectivity index (χ3n) is 6.74. The normalized spacial score (nSPS) is 18.6. The fourth-order valence-corrected chi connectivity index (χ4v) is 4.86. The second kappa shape index (κ2) is 10.8. The molecule has 0 bridgehead atoms. The minimum Gasteiger partial charge on any atom is -0.236 e. The van der Waals surface area contributed by atoms with Gasteiger partial charge in [0.1, 0.15) is 17.5 Å². The van der Waals surface area contributed by atoms with E-state index in [1.54, 1.807) is 12.4 Å². The van der Waals surface area contributed by atoms with Crippen LogP contribution in [0.4, 0.5) is 26.3 Å². The molecule has 0 aliphatic heterocycles. The summed E-state index contributed by atoms with van der Waals surface area (Å²) < 4.78 is 80.5. The number of allylic oxidation sites excluding steroid dienone is 1. The van der Waals surface area contributed by atoms with Crippen molar-refractivity contribution in [2.75, 3.05) is 0 Å². The predicted molar refractivity (Wildman–Crippen MR) is 127 cm³/mol. The molecule has 1 saturated carbocycles. The number of alkyl halides is 3. The number of nitrogens with zero attached hydrogens (tertiary/aromatic N) is 2. The van der Waals surface area contributed by atoms with Crippen molar-refractivity contribution in [2.24, 2.45) is 5.92 Å². The van der Waals surface area contributed by atoms with Crippen LogP contribution in [0.2, 0.25) is 0 Å². The Morgan fingerprint density at radius 3 is 2.03 bits per heavy atom. The van der Waals surface area contributed by atoms with Gasteiger partial charge in [0.05, 0.1) is 0 Å². The lowest BCUT2D eigenvalue weighted by Gasteiger charge is -2.28. The van der Waals surface area contributed by atoms with Gasteiger partial charge < -0.3 is 0 Å². The smallest absolute Gasteiger partial charge is 0.236 e. The summed E-state index contributed by atoms with van der Waals surface area (Å²) in [6, 6.07) is 5.66. The summed E-state index contributed by atoms with van der Waals surface area (Å²) in [5.74, 6) is -1.67. The molecule has 4 rings (SSSR count). The van der Waals surface area contributed by atoms with Gasteiger partial charge in [0, 0.05) is 35.2 Å². The van der Waals surface area contributed by atoms with Gasteiger partial charge >= 0.3 is 6.18 Å². The van der Waals surface area contributed by atoms with Crippen molar-refractivity contribution >= 4 is 6.08 Å². The van der Waals surface area contributed by atoms with Crippen molar-refractivity contribution in [3.63, 3.8) is 0 Å². The van der Waals surface area contributed by atoms with Crippen molar-refractivity contribution < 1.29 is 26.3 Å². The molecule has 1 aliphatic carbocycles. The van der Waals surface area contributed by atoms with E-state index in [1.165, 1.54) is 43.9 Å². The molecule has 0 spiro atoms. The minimum atomic E-state index is -4.71. The molecule has 1 heterocycles. The number of hydrogen-bond acceptors (Lipinski definition) is 2. The van der Waals surface area contributed by atoms with Gasteiger partial charge in [-0.1, -0.05) is 31.9 Å². The van der Waals surface area contributed by atoms with Crippen molar-refractivity contribution in [1.82, 2.24) is 9.97 Å². The molecule has 0 N–H and O–H groups in total. The van der Waals surface area contributed by atoms with Crippen LogP contribution in [0.15, 0.2) is 48.8 Å². The summed E-state index contributed by atoms with van der Waals surface area (Å²) in [6.07, 6.45) is 5.98. The monoisotopic (exact) mass is 504 g/mol. The molecular weight excluding hydrogens is 478 g/mol. The molecule has 0 saturated heterocycles. The van der Waals surface area contributed by atoms with E-state index in [-0.39, 0.29) is 17.2 Å². The molecule has 8 heteroatoms. The summed E-state index contributed by atoms with van der Waals surface area (Å²) in [5.41, 5.74) is 0.397. The highest BCUT2D eigenvalue weighted by Gasteiger charge is 2.24. The molecule has 2 nitrogen and oxygen atoms in total. The number of rotatable bonds is 6. The van der Waals surface area contributed by atoms with Crippen molar-refractivity contribution in [2.45, 2.75) is 57.5 Å². The van der Waals surface area contributed by atoms with E-state index in [9.17, 15) is 26.3 Å². The Morgan fingerprint density at radius 1 is 0.861 bits per heavy atom. The molecule has 0 radical (unpaired) electrons. The molecule has 1 aromatic heterocycles. The van der Waals surface area contributed by atoms with E-state index in [4.69, 9.17) is 0 Å². The van der Waals surface area contributed by atoms with Gasteiger partial charge in [-0.2, -0.15) is 13.2 Å². The highest BCUT2D eigenvalue weighted by molar-refractivity contribution is 5.70. The second-order valence-electron chi connectivity index (χ2n) is 9.27. The van der Waals surface area contributed by atoms with Crippen LogP contribution in [0, 0.1) is 23.4 Å². The third-order valence-corrected chi connectivity index (χ3v) is 6.74. The first-order valence-corrected chi connectivity index (χ1v) is 12.0. The lowest BCUT2D eigenvalue weighted by molar-refractivity contribution is -0.0790. The van der Waals surface area contributed by atoms with Crippen LogP contribution in [0.3, 0.4) is 0 Å². The van der Waals surface area contributed by atoms with E-state index in [0.29, 0.717) is 23.4 Å². The third kappa shape index (κ3) is 6.15. The van der Waals surface area contributed by atoms with Crippen LogP contribution in [-0.2, 0) is 0 Å². The Hall–Kier alpha value is -3.16. The van der Waals surface area contributed by atoms with E-state index in [0.717, 1.165) is 36.5 Å². The Kier molecular flexibility index (Phi) is 7.81. The van der Waals surface area contributed by atoms with Crippen LogP contribution in [0.5, 0.6) is 0 Å². The summed E-state index contributed by atoms with van der Waals surface area (Å²) in [5, 5.41) is 0. The first-order chi connectivity index (χ1) is 17.1. The summed E-state index contributed by atoms with van der Waals surface area (Å²) in [6.45, 7) is 2.21. The molecule has 36 heavy (non-hydrogen) atoms. The molecule has 1 fully saturated rings. The zero-order valence-corrected chi connectivity index (χ0v) is 19.8. The maximum Gasteiger partial charge on any atom is 0.409 e. The first kappa shape index (κ1) is 25.9. The SMILES string of the molecule is CCCC1CCC(c2cnc(-c3ccc(-c4cc(F)c(C=CC(F)(F)F)c(F)c4)c(F)c3)nc2)CC1. The second-order valence-corrected chi connectivity index (χ2v) is 9.27. The first-order valence-electron chi connectivity index (χ1n) is 12.0. The zero-order valence-electron chi connectivity index (χ0n) is 19.8. The highest BCUT2D eigenvalue weighted by atomic mass is 19.4. The predicted octanol–water partition coefficient (Wildman–Crippen LogP) is 8.88. The lowest BCUT2D eigenvalue weighted by atomic mass is 9.78. The summed E-state index contributed by atoms with van der Waals surface area (Å²) in [4.78, 5) is 8.81. The van der Waals surface area contributed by atoms with E-state index in [1.807, 2.05) is 0 Å². The van der Waals surface area contributed by atoms with E-state index >= 15 is 0 Å². The molecular formula is C28H26F6N2. The number of halogens is 6. The van der Waals surface area contributed by atoms with Gasteiger partial charge in [-0.05, 0) is 72.9 Å². The maximum absolute atomic E-state index is 14.9. The molecule has 2 aromatic carbocycles. The van der Waals surface area contributed by atoms with Gasteiger partial charge in [-0.15, -0.1) is 0 Å². The highest BCUT2D eigenvalue weighted by Crippen LogP contribution is 2.37. The van der Waals surface area contributed by atoms with Gasteiger partial charge in [-0.25, -0.2) is 23.1 Å². The van der Waals surface area contributed by atoms with Crippen LogP contribution in [0.25, 0.3) is 28.6 Å². The average Bonchev–Trinajstić information content (AvgIpc) is 2.83. The number of hydrogen-bond donors (Lipinski definition) is 0.